The summed E-state index contributed by atoms with van der Waals surface area (Å²) < 4.78 is 166. The van der Waals surface area contributed by atoms with Crippen LogP contribution in [0.3, 0.4) is 0 Å². The first-order valence-corrected chi connectivity index (χ1v) is 14.2. The summed E-state index contributed by atoms with van der Waals surface area (Å²) in [4.78, 5) is 16.4. The smallest absolute Gasteiger partial charge is 0.204 e. The number of benzene rings is 1. The molecule has 0 N–H and O–H groups in total. The highest BCUT2D eigenvalue weighted by Gasteiger charge is 2.48. The van der Waals surface area contributed by atoms with Crippen LogP contribution in [0.15, 0.2) is 11.1 Å². The Hall–Kier alpha value is -8.72. The molecule has 26 heteroatoms. The number of fused-ring (bicyclic) bond motifs is 2. The van der Waals surface area contributed by atoms with Crippen molar-refractivity contribution in [3.8, 4) is 48.6 Å². The van der Waals surface area contributed by atoms with Crippen molar-refractivity contribution >= 4 is 33.4 Å². The highest BCUT2D eigenvalue weighted by molar-refractivity contribution is 6.31. The lowest BCUT2D eigenvalue weighted by atomic mass is 9.83. The van der Waals surface area contributed by atoms with Crippen LogP contribution >= 0.6 is 0 Å². The Morgan fingerprint density at radius 2 is 0.621 bits per heavy atom. The van der Waals surface area contributed by atoms with E-state index < -0.39 is 138 Å². The molecule has 0 amide bonds. The fourth-order valence-electron chi connectivity index (χ4n) is 5.65. The van der Waals surface area contributed by atoms with E-state index in [0.717, 1.165) is 0 Å². The maximum Gasteiger partial charge on any atom is 0.451 e. The second-order valence-electron chi connectivity index (χ2n) is 10.7. The minimum absolute atomic E-state index is 1.07. The number of aromatic nitrogens is 6. The summed E-state index contributed by atoms with van der Waals surface area (Å²) >= 11 is 0. The molecule has 0 unspecified atom stereocenters. The van der Waals surface area contributed by atoms with E-state index in [-0.39, 0.29) is 0 Å². The van der Waals surface area contributed by atoms with Crippen LogP contribution in [0.25, 0.3) is 33.4 Å². The molecular formula is C32F12N14. The van der Waals surface area contributed by atoms with Crippen LogP contribution in [0.2, 0.25) is 0 Å². The number of rotatable bonds is 2. The van der Waals surface area contributed by atoms with Gasteiger partial charge in [0.1, 0.15) is 59.7 Å². The van der Waals surface area contributed by atoms with Crippen LogP contribution in [0.5, 0.6) is 0 Å². The van der Waals surface area contributed by atoms with Crippen molar-refractivity contribution in [3.63, 3.8) is 0 Å². The van der Waals surface area contributed by atoms with Gasteiger partial charge in [-0.25, -0.2) is 29.9 Å². The van der Waals surface area contributed by atoms with Gasteiger partial charge in [-0.15, -0.1) is 0 Å². The SMILES string of the molecule is N#CC(C#N)=C1C(c2nc(C(F)(F)F)nc(C(F)(F)F)n2)=C(C#N)c2c(C#N)c3c(c(C#N)c21)C(C#N)=C(c1nc(C(F)(F)F)nc(C(F)(F)F)n1)C3=C(C#N)C#N. The monoisotopic (exact) mass is 808 g/mol. The van der Waals surface area contributed by atoms with Crippen LogP contribution in [-0.4, -0.2) is 29.9 Å². The molecule has 2 aromatic heterocycles. The number of alkyl halides is 12. The van der Waals surface area contributed by atoms with Gasteiger partial charge < -0.3 is 0 Å². The highest BCUT2D eigenvalue weighted by atomic mass is 19.4. The molecule has 0 saturated carbocycles. The first-order chi connectivity index (χ1) is 27.0. The van der Waals surface area contributed by atoms with Crippen LogP contribution < -0.4 is 0 Å². The fraction of sp³-hybridized carbons (Fsp3) is 0.125. The maximum absolute atomic E-state index is 13.8. The lowest BCUT2D eigenvalue weighted by Crippen LogP contribution is -2.21. The van der Waals surface area contributed by atoms with E-state index >= 15 is 0 Å². The van der Waals surface area contributed by atoms with E-state index in [1.54, 1.807) is 0 Å². The van der Waals surface area contributed by atoms with Gasteiger partial charge >= 0.3 is 24.7 Å². The summed E-state index contributed by atoms with van der Waals surface area (Å²) in [6.45, 7) is 0. The van der Waals surface area contributed by atoms with E-state index in [9.17, 15) is 94.8 Å². The molecule has 14 nitrogen and oxygen atoms in total. The first kappa shape index (κ1) is 40.5. The summed E-state index contributed by atoms with van der Waals surface area (Å²) in [6.07, 6.45) is -23.1. The lowest BCUT2D eigenvalue weighted by Gasteiger charge is -2.16. The van der Waals surface area contributed by atoms with Crippen molar-refractivity contribution in [2.24, 2.45) is 0 Å². The molecule has 0 saturated heterocycles. The molecule has 3 aromatic rings. The number of nitrogens with zero attached hydrogens (tertiary/aromatic N) is 14. The van der Waals surface area contributed by atoms with E-state index in [1.165, 1.54) is 48.6 Å². The molecular weight excluding hydrogens is 808 g/mol. The normalized spacial score (nSPS) is 13.5. The third kappa shape index (κ3) is 6.25. The molecule has 5 rings (SSSR count). The van der Waals surface area contributed by atoms with Crippen LogP contribution in [0, 0.1) is 90.6 Å². The number of allylic oxidation sites excluding steroid dienone is 8. The van der Waals surface area contributed by atoms with E-state index in [1.807, 2.05) is 0 Å². The van der Waals surface area contributed by atoms with Crippen LogP contribution in [0.4, 0.5) is 52.7 Å². The van der Waals surface area contributed by atoms with Crippen molar-refractivity contribution in [1.82, 2.24) is 29.9 Å². The van der Waals surface area contributed by atoms with E-state index in [0.29, 0.717) is 0 Å². The van der Waals surface area contributed by atoms with Gasteiger partial charge in [-0.2, -0.15) is 94.8 Å². The Balaban J connectivity index is 2.12. The average Bonchev–Trinajstić information content (AvgIpc) is 3.67. The van der Waals surface area contributed by atoms with Gasteiger partial charge in [-0.05, 0) is 0 Å². The Morgan fingerprint density at radius 1 is 0.362 bits per heavy atom. The molecule has 0 radical (unpaired) electrons. The summed E-state index contributed by atoms with van der Waals surface area (Å²) in [5, 5.41) is 81.4. The molecule has 282 valence electrons. The largest absolute Gasteiger partial charge is 0.451 e. The molecule has 0 atom stereocenters. The van der Waals surface area contributed by atoms with Crippen LogP contribution in [-0.2, 0) is 24.7 Å². The number of hydrogen-bond donors (Lipinski definition) is 0. The first-order valence-electron chi connectivity index (χ1n) is 14.2. The molecule has 2 heterocycles. The zero-order valence-electron chi connectivity index (χ0n) is 26.8. The minimum Gasteiger partial charge on any atom is -0.204 e. The molecule has 0 bridgehead atoms. The van der Waals surface area contributed by atoms with Crippen molar-refractivity contribution < 1.29 is 52.7 Å². The van der Waals surface area contributed by atoms with Gasteiger partial charge in [-0.1, -0.05) is 0 Å². The maximum atomic E-state index is 13.8. The van der Waals surface area contributed by atoms with Gasteiger partial charge in [0.05, 0.1) is 22.3 Å². The minimum atomic E-state index is -5.79. The van der Waals surface area contributed by atoms with Gasteiger partial charge in [0, 0.05) is 44.5 Å². The predicted molar refractivity (Wildman–Crippen MR) is 157 cm³/mol. The molecule has 1 aromatic carbocycles. The quantitative estimate of drug-likeness (QED) is 0.201. The topological polar surface area (TPSA) is 268 Å². The Bertz CT molecular complexity index is 2630. The summed E-state index contributed by atoms with van der Waals surface area (Å²) in [7, 11) is 0. The van der Waals surface area contributed by atoms with Gasteiger partial charge in [0.25, 0.3) is 0 Å². The summed E-state index contributed by atoms with van der Waals surface area (Å²) in [6, 6.07) is 10.3. The fourth-order valence-corrected chi connectivity index (χ4v) is 5.65. The summed E-state index contributed by atoms with van der Waals surface area (Å²) in [5.41, 5.74) is -17.1. The Kier molecular flexibility index (Phi) is 9.45. The zero-order chi connectivity index (χ0) is 43.4. The van der Waals surface area contributed by atoms with Gasteiger partial charge in [0.15, 0.2) is 11.6 Å². The van der Waals surface area contributed by atoms with Crippen molar-refractivity contribution in [1.29, 1.82) is 42.1 Å². The average molecular weight is 808 g/mol. The number of halogens is 12. The molecule has 2 aliphatic carbocycles. The van der Waals surface area contributed by atoms with E-state index in [4.69, 9.17) is 0 Å². The lowest BCUT2D eigenvalue weighted by molar-refractivity contribution is -0.156. The van der Waals surface area contributed by atoms with E-state index in [2.05, 4.69) is 29.9 Å². The number of nitriles is 8. The second-order valence-corrected chi connectivity index (χ2v) is 10.7. The van der Waals surface area contributed by atoms with Crippen molar-refractivity contribution in [2.45, 2.75) is 24.7 Å². The summed E-state index contributed by atoms with van der Waals surface area (Å²) in [5.74, 6) is -13.7. The van der Waals surface area contributed by atoms with Gasteiger partial charge in [-0.3, -0.25) is 0 Å². The third-order valence-corrected chi connectivity index (χ3v) is 7.63. The standard InChI is InChI=1S/C32F12N14/c33-29(34,35)25-53-23(54-26(57-25)30(36,37)38)21-13(7-51)17-12(6-50)20-16(10(3-47)4-48)22(24-55-27(31(39,40)41)58-28(56-24)32(42,43)44)14(8-52)18(20)11(5-49)19(17)15(21)9(1-45)2-46. The third-order valence-electron chi connectivity index (χ3n) is 7.63. The molecule has 0 fully saturated rings. The number of hydrogen-bond acceptors (Lipinski definition) is 14. The Labute approximate surface area is 311 Å². The van der Waals surface area contributed by atoms with Crippen molar-refractivity contribution in [2.75, 3.05) is 0 Å². The molecule has 0 spiro atoms. The van der Waals surface area contributed by atoms with Crippen molar-refractivity contribution in [3.05, 3.63) is 79.5 Å². The van der Waals surface area contributed by atoms with Crippen LogP contribution in [0.1, 0.15) is 68.3 Å². The Morgan fingerprint density at radius 3 is 0.810 bits per heavy atom. The zero-order valence-corrected chi connectivity index (χ0v) is 26.8. The molecule has 58 heavy (non-hydrogen) atoms. The second kappa shape index (κ2) is 13.5. The predicted octanol–water partition coefficient (Wildman–Crippen LogP) is 6.37. The highest BCUT2D eigenvalue weighted by Crippen LogP contribution is 2.57. The molecule has 2 aliphatic rings. The molecule has 0 aliphatic heterocycles. The van der Waals surface area contributed by atoms with Gasteiger partial charge in [0.2, 0.25) is 23.3 Å².